The van der Waals surface area contributed by atoms with Crippen molar-refractivity contribution in [3.05, 3.63) is 81.6 Å². The van der Waals surface area contributed by atoms with Crippen molar-refractivity contribution in [1.29, 1.82) is 0 Å². The Hall–Kier alpha value is -3.68. The van der Waals surface area contributed by atoms with Crippen molar-refractivity contribution in [1.82, 2.24) is 19.9 Å². The predicted molar refractivity (Wildman–Crippen MR) is 98.0 cm³/mol. The maximum Gasteiger partial charge on any atom is 0.282 e. The zero-order valence-electron chi connectivity index (χ0n) is 15.0. The second-order valence-corrected chi connectivity index (χ2v) is 6.29. The van der Waals surface area contributed by atoms with E-state index in [1.54, 1.807) is 0 Å². The topological polar surface area (TPSA) is 73.8 Å². The molecule has 2 aromatic heterocycles. The first kappa shape index (κ1) is 17.7. The fourth-order valence-electron chi connectivity index (χ4n) is 2.64. The number of halogens is 2. The van der Waals surface area contributed by atoms with Crippen LogP contribution in [0.3, 0.4) is 0 Å². The third-order valence-corrected chi connectivity index (χ3v) is 4.37. The number of rotatable bonds is 3. The van der Waals surface area contributed by atoms with E-state index in [2.05, 4.69) is 15.2 Å². The van der Waals surface area contributed by atoms with E-state index >= 15 is 0 Å². The highest BCUT2D eigenvalue weighted by Crippen LogP contribution is 2.22. The van der Waals surface area contributed by atoms with E-state index in [9.17, 15) is 13.6 Å². The van der Waals surface area contributed by atoms with Gasteiger partial charge in [0.05, 0.1) is 5.69 Å². The van der Waals surface area contributed by atoms with Crippen LogP contribution in [0.4, 0.5) is 8.78 Å². The maximum absolute atomic E-state index is 13.5. The molecule has 0 spiro atoms. The number of aryl methyl sites for hydroxylation is 2. The smallest absolute Gasteiger partial charge is 0.282 e. The minimum Gasteiger partial charge on any atom is -0.332 e. The molecule has 6 nitrogen and oxygen atoms in total. The molecule has 8 heteroatoms. The number of aromatic nitrogens is 4. The standard InChI is InChI=1S/C20H14F2N4O2/c1-11-3-4-13(9-12(11)2)19-23-20(28-25-19)18-17(27)7-8-26(24-18)14-5-6-15(21)16(22)10-14/h3-10H,1-2H3. The summed E-state index contributed by atoms with van der Waals surface area (Å²) in [5, 5.41) is 8.06. The summed E-state index contributed by atoms with van der Waals surface area (Å²) in [6, 6.07) is 10.3. The van der Waals surface area contributed by atoms with E-state index in [1.165, 1.54) is 23.0 Å². The van der Waals surface area contributed by atoms with Crippen LogP contribution in [-0.2, 0) is 0 Å². The van der Waals surface area contributed by atoms with Gasteiger partial charge in [0.1, 0.15) is 0 Å². The molecule has 2 aromatic carbocycles. The molecule has 0 aliphatic carbocycles. The molecule has 140 valence electrons. The Balaban J connectivity index is 1.75. The van der Waals surface area contributed by atoms with Crippen LogP contribution in [0.15, 0.2) is 58.0 Å². The molecular formula is C20H14F2N4O2. The highest BCUT2D eigenvalue weighted by atomic mass is 19.2. The van der Waals surface area contributed by atoms with Gasteiger partial charge in [-0.15, -0.1) is 0 Å². The Kier molecular flexibility index (Phi) is 4.31. The van der Waals surface area contributed by atoms with Gasteiger partial charge in [-0.3, -0.25) is 4.79 Å². The van der Waals surface area contributed by atoms with Gasteiger partial charge in [0.2, 0.25) is 11.3 Å². The van der Waals surface area contributed by atoms with Crippen LogP contribution in [0.1, 0.15) is 11.1 Å². The molecule has 0 saturated heterocycles. The number of hydrogen-bond donors (Lipinski definition) is 0. The van der Waals surface area contributed by atoms with Crippen LogP contribution in [0.5, 0.6) is 0 Å². The van der Waals surface area contributed by atoms with Gasteiger partial charge in [-0.25, -0.2) is 13.5 Å². The molecule has 0 aliphatic heterocycles. The van der Waals surface area contributed by atoms with E-state index in [-0.39, 0.29) is 17.3 Å². The van der Waals surface area contributed by atoms with Crippen molar-refractivity contribution in [2.45, 2.75) is 13.8 Å². The Labute approximate surface area is 158 Å². The Morgan fingerprint density at radius 2 is 1.79 bits per heavy atom. The molecule has 0 fully saturated rings. The van der Waals surface area contributed by atoms with Crippen molar-refractivity contribution in [2.24, 2.45) is 0 Å². The summed E-state index contributed by atoms with van der Waals surface area (Å²) in [7, 11) is 0. The number of benzene rings is 2. The first-order valence-electron chi connectivity index (χ1n) is 8.39. The zero-order chi connectivity index (χ0) is 19.8. The molecule has 0 bridgehead atoms. The van der Waals surface area contributed by atoms with Crippen molar-refractivity contribution in [3.8, 4) is 28.7 Å². The van der Waals surface area contributed by atoms with Gasteiger partial charge >= 0.3 is 0 Å². The summed E-state index contributed by atoms with van der Waals surface area (Å²) >= 11 is 0. The van der Waals surface area contributed by atoms with E-state index in [1.807, 2.05) is 32.0 Å². The van der Waals surface area contributed by atoms with E-state index in [4.69, 9.17) is 4.52 Å². The lowest BCUT2D eigenvalue weighted by molar-refractivity contribution is 0.429. The van der Waals surface area contributed by atoms with Gasteiger partial charge in [-0.2, -0.15) is 10.1 Å². The molecular weight excluding hydrogens is 366 g/mol. The van der Waals surface area contributed by atoms with Crippen LogP contribution in [0, 0.1) is 25.5 Å². The molecule has 0 atom stereocenters. The van der Waals surface area contributed by atoms with Gasteiger partial charge < -0.3 is 4.52 Å². The summed E-state index contributed by atoms with van der Waals surface area (Å²) in [6.45, 7) is 3.97. The van der Waals surface area contributed by atoms with Crippen LogP contribution < -0.4 is 5.43 Å². The van der Waals surface area contributed by atoms with Crippen molar-refractivity contribution in [3.63, 3.8) is 0 Å². The van der Waals surface area contributed by atoms with Gasteiger partial charge in [0.15, 0.2) is 17.3 Å². The third kappa shape index (κ3) is 3.20. The molecule has 0 radical (unpaired) electrons. The van der Waals surface area contributed by atoms with Crippen LogP contribution >= 0.6 is 0 Å². The fourth-order valence-corrected chi connectivity index (χ4v) is 2.64. The lowest BCUT2D eigenvalue weighted by Gasteiger charge is -2.06. The summed E-state index contributed by atoms with van der Waals surface area (Å²) in [4.78, 5) is 16.5. The average Bonchev–Trinajstić information content (AvgIpc) is 3.16. The predicted octanol–water partition coefficient (Wildman–Crippen LogP) is 3.84. The molecule has 0 saturated carbocycles. The third-order valence-electron chi connectivity index (χ3n) is 4.37. The highest BCUT2D eigenvalue weighted by molar-refractivity contribution is 5.59. The monoisotopic (exact) mass is 380 g/mol. The molecule has 0 unspecified atom stereocenters. The summed E-state index contributed by atoms with van der Waals surface area (Å²) < 4.78 is 33.1. The molecule has 0 N–H and O–H groups in total. The van der Waals surface area contributed by atoms with Crippen molar-refractivity contribution < 1.29 is 13.3 Å². The quantitative estimate of drug-likeness (QED) is 0.540. The lowest BCUT2D eigenvalue weighted by Crippen LogP contribution is -2.13. The van der Waals surface area contributed by atoms with Crippen LogP contribution in [-0.4, -0.2) is 19.9 Å². The zero-order valence-corrected chi connectivity index (χ0v) is 15.0. The second kappa shape index (κ2) is 6.80. The normalized spacial score (nSPS) is 11.0. The van der Waals surface area contributed by atoms with Crippen molar-refractivity contribution >= 4 is 0 Å². The summed E-state index contributed by atoms with van der Waals surface area (Å²) in [5.74, 6) is -1.73. The van der Waals surface area contributed by atoms with E-state index < -0.39 is 17.1 Å². The largest absolute Gasteiger partial charge is 0.332 e. The Bertz CT molecular complexity index is 1250. The van der Waals surface area contributed by atoms with Crippen LogP contribution in [0.25, 0.3) is 28.7 Å². The SMILES string of the molecule is Cc1ccc(-c2noc(-c3nn(-c4ccc(F)c(F)c4)ccc3=O)n2)cc1C. The van der Waals surface area contributed by atoms with Gasteiger partial charge in [0, 0.05) is 23.9 Å². The number of nitrogens with zero attached hydrogens (tertiary/aromatic N) is 4. The molecule has 28 heavy (non-hydrogen) atoms. The first-order chi connectivity index (χ1) is 13.4. The summed E-state index contributed by atoms with van der Waals surface area (Å²) in [5.41, 5.74) is 2.67. The first-order valence-corrected chi connectivity index (χ1v) is 8.39. The minimum absolute atomic E-state index is 0.0600. The molecule has 2 heterocycles. The average molecular weight is 380 g/mol. The van der Waals surface area contributed by atoms with E-state index in [0.717, 1.165) is 28.8 Å². The Morgan fingerprint density at radius 3 is 2.54 bits per heavy atom. The van der Waals surface area contributed by atoms with Crippen LogP contribution in [0.2, 0.25) is 0 Å². The fraction of sp³-hybridized carbons (Fsp3) is 0.100. The second-order valence-electron chi connectivity index (χ2n) is 6.29. The van der Waals surface area contributed by atoms with Crippen molar-refractivity contribution in [2.75, 3.05) is 0 Å². The van der Waals surface area contributed by atoms with E-state index in [0.29, 0.717) is 5.82 Å². The molecule has 4 aromatic rings. The highest BCUT2D eigenvalue weighted by Gasteiger charge is 2.16. The summed E-state index contributed by atoms with van der Waals surface area (Å²) in [6.07, 6.45) is 1.35. The molecule has 0 aliphatic rings. The minimum atomic E-state index is -1.02. The Morgan fingerprint density at radius 1 is 0.964 bits per heavy atom. The number of hydrogen-bond acceptors (Lipinski definition) is 5. The van der Waals surface area contributed by atoms with Gasteiger partial charge in [0.25, 0.3) is 5.89 Å². The lowest BCUT2D eigenvalue weighted by atomic mass is 10.1. The molecule has 4 rings (SSSR count). The van der Waals surface area contributed by atoms with Gasteiger partial charge in [-0.1, -0.05) is 17.3 Å². The van der Waals surface area contributed by atoms with Gasteiger partial charge in [-0.05, 0) is 43.2 Å². The molecule has 0 amide bonds. The maximum atomic E-state index is 13.5.